The van der Waals surface area contributed by atoms with Gasteiger partial charge in [0.15, 0.2) is 0 Å². The lowest BCUT2D eigenvalue weighted by Crippen LogP contribution is -2.04. The first kappa shape index (κ1) is 13.1. The molecule has 0 aliphatic rings. The molecule has 100 valence electrons. The third-order valence-electron chi connectivity index (χ3n) is 2.53. The van der Waals surface area contributed by atoms with Gasteiger partial charge in [-0.25, -0.2) is 4.79 Å². The molecule has 19 heavy (non-hydrogen) atoms. The summed E-state index contributed by atoms with van der Waals surface area (Å²) >= 11 is 0. The molecule has 0 amide bonds. The quantitative estimate of drug-likeness (QED) is 0.786. The fourth-order valence-corrected chi connectivity index (χ4v) is 1.57. The topological polar surface area (TPSA) is 74.5 Å². The molecule has 0 N–H and O–H groups in total. The number of ether oxygens (including phenoxy) is 2. The molecule has 0 spiro atoms. The molecular formula is C13H14N2O4. The van der Waals surface area contributed by atoms with Gasteiger partial charge in [0.1, 0.15) is 5.75 Å². The van der Waals surface area contributed by atoms with Gasteiger partial charge >= 0.3 is 11.9 Å². The Morgan fingerprint density at radius 3 is 2.84 bits per heavy atom. The number of hydrogen-bond acceptors (Lipinski definition) is 6. The lowest BCUT2D eigenvalue weighted by Gasteiger charge is -2.04. The van der Waals surface area contributed by atoms with Crippen LogP contribution < -0.4 is 4.74 Å². The van der Waals surface area contributed by atoms with E-state index in [1.54, 1.807) is 20.1 Å². The molecule has 0 unspecified atom stereocenters. The average molecular weight is 262 g/mol. The summed E-state index contributed by atoms with van der Waals surface area (Å²) in [5.74, 6) is 0.187. The van der Waals surface area contributed by atoms with Gasteiger partial charge in [-0.05, 0) is 31.5 Å². The van der Waals surface area contributed by atoms with Crippen LogP contribution in [0.3, 0.4) is 0 Å². The first-order valence-electron chi connectivity index (χ1n) is 5.81. The van der Waals surface area contributed by atoms with Crippen molar-refractivity contribution in [2.24, 2.45) is 0 Å². The molecular weight excluding hydrogens is 248 g/mol. The van der Waals surface area contributed by atoms with Crippen LogP contribution in [0.25, 0.3) is 11.5 Å². The zero-order valence-electron chi connectivity index (χ0n) is 11.0. The predicted molar refractivity (Wildman–Crippen MR) is 67.0 cm³/mol. The fourth-order valence-electron chi connectivity index (χ4n) is 1.57. The van der Waals surface area contributed by atoms with Gasteiger partial charge in [0.2, 0.25) is 5.89 Å². The summed E-state index contributed by atoms with van der Waals surface area (Å²) in [7, 11) is 1.59. The highest BCUT2D eigenvalue weighted by molar-refractivity contribution is 5.84. The average Bonchev–Trinajstić information content (AvgIpc) is 2.89. The zero-order valence-corrected chi connectivity index (χ0v) is 11.0. The summed E-state index contributed by atoms with van der Waals surface area (Å²) in [5.41, 5.74) is 1.68. The number of benzene rings is 1. The van der Waals surface area contributed by atoms with E-state index in [1.165, 1.54) is 0 Å². The van der Waals surface area contributed by atoms with Crippen LogP contribution in [0.1, 0.15) is 23.2 Å². The number of carbonyl (C=O) groups is 1. The van der Waals surface area contributed by atoms with Crippen LogP contribution in [-0.4, -0.2) is 29.9 Å². The Kier molecular flexibility index (Phi) is 3.79. The zero-order chi connectivity index (χ0) is 13.8. The summed E-state index contributed by atoms with van der Waals surface area (Å²) in [4.78, 5) is 11.4. The monoisotopic (exact) mass is 262 g/mol. The van der Waals surface area contributed by atoms with E-state index in [0.29, 0.717) is 11.3 Å². The van der Waals surface area contributed by atoms with Crippen molar-refractivity contribution in [3.05, 3.63) is 29.7 Å². The first-order chi connectivity index (χ1) is 9.15. The maximum atomic E-state index is 11.4. The minimum Gasteiger partial charge on any atom is -0.496 e. The Bertz CT molecular complexity index is 592. The molecule has 2 rings (SSSR count). The molecule has 0 radical (unpaired) electrons. The van der Waals surface area contributed by atoms with Gasteiger partial charge in [-0.1, -0.05) is 6.07 Å². The molecule has 0 aliphatic heterocycles. The standard InChI is InChI=1S/C13H14N2O4/c1-4-18-13(16)12-15-14-11(19-12)9-6-5-8(2)10(7-9)17-3/h5-7H,4H2,1-3H3. The first-order valence-corrected chi connectivity index (χ1v) is 5.81. The van der Waals surface area contributed by atoms with Crippen molar-refractivity contribution in [1.82, 2.24) is 10.2 Å². The summed E-state index contributed by atoms with van der Waals surface area (Å²) < 4.78 is 15.3. The molecule has 1 heterocycles. The van der Waals surface area contributed by atoms with Gasteiger partial charge in [0.25, 0.3) is 0 Å². The number of hydrogen-bond donors (Lipinski definition) is 0. The van der Waals surface area contributed by atoms with Crippen molar-refractivity contribution < 1.29 is 18.7 Å². The Labute approximate surface area is 110 Å². The third-order valence-corrected chi connectivity index (χ3v) is 2.53. The second kappa shape index (κ2) is 5.51. The number of methoxy groups -OCH3 is 1. The smallest absolute Gasteiger partial charge is 0.396 e. The molecule has 6 nitrogen and oxygen atoms in total. The molecule has 1 aromatic heterocycles. The molecule has 0 bridgehead atoms. The largest absolute Gasteiger partial charge is 0.496 e. The predicted octanol–water partition coefficient (Wildman–Crippen LogP) is 2.23. The van der Waals surface area contributed by atoms with Gasteiger partial charge in [0.05, 0.1) is 13.7 Å². The van der Waals surface area contributed by atoms with Crippen molar-refractivity contribution in [2.75, 3.05) is 13.7 Å². The molecule has 2 aromatic rings. The van der Waals surface area contributed by atoms with Crippen molar-refractivity contribution in [2.45, 2.75) is 13.8 Å². The molecule has 0 saturated carbocycles. The van der Waals surface area contributed by atoms with Gasteiger partial charge < -0.3 is 13.9 Å². The van der Waals surface area contributed by atoms with Crippen LogP contribution in [0, 0.1) is 6.92 Å². The Morgan fingerprint density at radius 2 is 2.16 bits per heavy atom. The van der Waals surface area contributed by atoms with E-state index in [-0.39, 0.29) is 18.4 Å². The van der Waals surface area contributed by atoms with Crippen LogP contribution in [-0.2, 0) is 4.74 Å². The second-order valence-electron chi connectivity index (χ2n) is 3.82. The minimum atomic E-state index is -0.625. The van der Waals surface area contributed by atoms with Crippen LogP contribution >= 0.6 is 0 Å². The third kappa shape index (κ3) is 2.73. The number of aryl methyl sites for hydroxylation is 1. The van der Waals surface area contributed by atoms with Crippen LogP contribution in [0.5, 0.6) is 5.75 Å². The van der Waals surface area contributed by atoms with Gasteiger partial charge in [-0.3, -0.25) is 0 Å². The fraction of sp³-hybridized carbons (Fsp3) is 0.308. The lowest BCUT2D eigenvalue weighted by atomic mass is 10.1. The maximum Gasteiger partial charge on any atom is 0.396 e. The minimum absolute atomic E-state index is 0.156. The van der Waals surface area contributed by atoms with E-state index in [1.807, 2.05) is 19.1 Å². The van der Waals surface area contributed by atoms with Crippen molar-refractivity contribution in [3.8, 4) is 17.2 Å². The normalized spacial score (nSPS) is 10.3. The van der Waals surface area contributed by atoms with E-state index >= 15 is 0 Å². The van der Waals surface area contributed by atoms with Crippen LogP contribution in [0.15, 0.2) is 22.6 Å². The number of rotatable bonds is 4. The SMILES string of the molecule is CCOC(=O)c1nnc(-c2ccc(C)c(OC)c2)o1. The summed E-state index contributed by atoms with van der Waals surface area (Å²) in [6.07, 6.45) is 0. The van der Waals surface area contributed by atoms with Crippen molar-refractivity contribution >= 4 is 5.97 Å². The number of esters is 1. The summed E-state index contributed by atoms with van der Waals surface area (Å²) in [5, 5.41) is 7.48. The number of carbonyl (C=O) groups excluding carboxylic acids is 1. The molecule has 0 atom stereocenters. The van der Waals surface area contributed by atoms with Gasteiger partial charge in [0, 0.05) is 5.56 Å². The van der Waals surface area contributed by atoms with Crippen molar-refractivity contribution in [3.63, 3.8) is 0 Å². The second-order valence-corrected chi connectivity index (χ2v) is 3.82. The lowest BCUT2D eigenvalue weighted by molar-refractivity contribution is 0.0481. The van der Waals surface area contributed by atoms with Crippen molar-refractivity contribution in [1.29, 1.82) is 0 Å². The summed E-state index contributed by atoms with van der Waals surface area (Å²) in [6, 6.07) is 5.47. The maximum absolute atomic E-state index is 11.4. The molecule has 6 heteroatoms. The van der Waals surface area contributed by atoms with Crippen LogP contribution in [0.4, 0.5) is 0 Å². The molecule has 0 fully saturated rings. The van der Waals surface area contributed by atoms with Gasteiger partial charge in [-0.15, -0.1) is 10.2 Å². The van der Waals surface area contributed by atoms with E-state index in [0.717, 1.165) is 5.56 Å². The van der Waals surface area contributed by atoms with E-state index in [4.69, 9.17) is 13.9 Å². The Hall–Kier alpha value is -2.37. The van der Waals surface area contributed by atoms with E-state index in [9.17, 15) is 4.79 Å². The number of aromatic nitrogens is 2. The van der Waals surface area contributed by atoms with Gasteiger partial charge in [-0.2, -0.15) is 0 Å². The van der Waals surface area contributed by atoms with E-state index < -0.39 is 5.97 Å². The highest BCUT2D eigenvalue weighted by Gasteiger charge is 2.17. The highest BCUT2D eigenvalue weighted by Crippen LogP contribution is 2.25. The Morgan fingerprint density at radius 1 is 1.37 bits per heavy atom. The molecule has 1 aromatic carbocycles. The highest BCUT2D eigenvalue weighted by atomic mass is 16.5. The Balaban J connectivity index is 2.30. The number of nitrogens with zero attached hydrogens (tertiary/aromatic N) is 2. The molecule has 0 aliphatic carbocycles. The van der Waals surface area contributed by atoms with Crippen LogP contribution in [0.2, 0.25) is 0 Å². The van der Waals surface area contributed by atoms with E-state index in [2.05, 4.69) is 10.2 Å². The summed E-state index contributed by atoms with van der Waals surface area (Å²) in [6.45, 7) is 3.90. The molecule has 0 saturated heterocycles.